The summed E-state index contributed by atoms with van der Waals surface area (Å²) >= 11 is 4.81. The molecule has 0 radical (unpaired) electrons. The second kappa shape index (κ2) is 6.70. The molecule has 0 aliphatic carbocycles. The third kappa shape index (κ3) is 4.14. The van der Waals surface area contributed by atoms with Crippen molar-refractivity contribution in [2.45, 2.75) is 6.42 Å². The van der Waals surface area contributed by atoms with Crippen LogP contribution in [0, 0.1) is 0 Å². The zero-order valence-corrected chi connectivity index (χ0v) is 10.8. The molecule has 1 amide bonds. The van der Waals surface area contributed by atoms with E-state index >= 15 is 0 Å². The molecular weight excluding hydrogens is 252 g/mol. The molecule has 6 heteroatoms. The lowest BCUT2D eigenvalue weighted by molar-refractivity contribution is -0.140. The van der Waals surface area contributed by atoms with Crippen molar-refractivity contribution in [2.75, 3.05) is 13.7 Å². The number of hydrogen-bond acceptors (Lipinski definition) is 4. The van der Waals surface area contributed by atoms with E-state index in [1.165, 1.54) is 7.11 Å². The van der Waals surface area contributed by atoms with Crippen molar-refractivity contribution in [1.82, 2.24) is 5.32 Å². The number of ether oxygens (including phenoxy) is 1. The molecule has 1 aromatic carbocycles. The van der Waals surface area contributed by atoms with E-state index in [1.54, 1.807) is 24.3 Å². The number of nitrogens with two attached hydrogens (primary N) is 1. The molecule has 1 rings (SSSR count). The first-order valence-corrected chi connectivity index (χ1v) is 5.70. The molecule has 5 nitrogen and oxygen atoms in total. The van der Waals surface area contributed by atoms with Crippen LogP contribution < -0.4 is 11.1 Å². The number of nitrogens with one attached hydrogen (secondary N) is 1. The summed E-state index contributed by atoms with van der Waals surface area (Å²) in [6.45, 7) is 0.239. The van der Waals surface area contributed by atoms with E-state index in [9.17, 15) is 9.59 Å². The van der Waals surface area contributed by atoms with Crippen LogP contribution in [0.4, 0.5) is 0 Å². The summed E-state index contributed by atoms with van der Waals surface area (Å²) < 4.78 is 4.46. The third-order valence-corrected chi connectivity index (χ3v) is 2.51. The van der Waals surface area contributed by atoms with Crippen molar-refractivity contribution in [1.29, 1.82) is 0 Å². The summed E-state index contributed by atoms with van der Waals surface area (Å²) in [4.78, 5) is 22.8. The Hall–Kier alpha value is -1.95. The van der Waals surface area contributed by atoms with Gasteiger partial charge in [0.15, 0.2) is 0 Å². The molecule has 0 heterocycles. The number of amides is 1. The van der Waals surface area contributed by atoms with E-state index < -0.39 is 0 Å². The Kier molecular flexibility index (Phi) is 5.26. The van der Waals surface area contributed by atoms with Gasteiger partial charge in [-0.15, -0.1) is 0 Å². The van der Waals surface area contributed by atoms with Gasteiger partial charge in [-0.2, -0.15) is 0 Å². The second-order valence-corrected chi connectivity index (χ2v) is 3.96. The highest BCUT2D eigenvalue weighted by Gasteiger charge is 2.07. The lowest BCUT2D eigenvalue weighted by atomic mass is 10.1. The topological polar surface area (TPSA) is 81.4 Å². The third-order valence-electron chi connectivity index (χ3n) is 2.27. The van der Waals surface area contributed by atoms with Crippen LogP contribution >= 0.6 is 12.2 Å². The SMILES string of the molecule is COC(=O)CCNC(=O)c1ccc(C(N)=S)cc1. The smallest absolute Gasteiger partial charge is 0.307 e. The lowest BCUT2D eigenvalue weighted by Crippen LogP contribution is -2.26. The van der Waals surface area contributed by atoms with Crippen molar-refractivity contribution in [3.8, 4) is 0 Å². The Bertz CT molecular complexity index is 457. The van der Waals surface area contributed by atoms with Gasteiger partial charge in [0.1, 0.15) is 4.99 Å². The highest BCUT2D eigenvalue weighted by molar-refractivity contribution is 7.80. The molecule has 0 aromatic heterocycles. The molecule has 96 valence electrons. The molecule has 18 heavy (non-hydrogen) atoms. The second-order valence-electron chi connectivity index (χ2n) is 3.52. The lowest BCUT2D eigenvalue weighted by Gasteiger charge is -2.05. The molecule has 0 spiro atoms. The molecular formula is C12H14N2O3S. The Morgan fingerprint density at radius 3 is 2.33 bits per heavy atom. The fraction of sp³-hybridized carbons (Fsp3) is 0.250. The van der Waals surface area contributed by atoms with E-state index in [0.717, 1.165) is 0 Å². The standard InChI is InChI=1S/C12H14N2O3S/c1-17-10(15)6-7-14-12(16)9-4-2-8(3-5-9)11(13)18/h2-5H,6-7H2,1H3,(H2,13,18)(H,14,16). The number of hydrogen-bond donors (Lipinski definition) is 2. The van der Waals surface area contributed by atoms with Crippen LogP contribution in [0.15, 0.2) is 24.3 Å². The molecule has 0 saturated carbocycles. The zero-order valence-electron chi connectivity index (χ0n) is 9.93. The molecule has 0 unspecified atom stereocenters. The van der Waals surface area contributed by atoms with E-state index in [2.05, 4.69) is 10.1 Å². The number of methoxy groups -OCH3 is 1. The van der Waals surface area contributed by atoms with E-state index in [-0.39, 0.29) is 29.8 Å². The molecule has 0 atom stereocenters. The highest BCUT2D eigenvalue weighted by Crippen LogP contribution is 2.04. The van der Waals surface area contributed by atoms with Crippen LogP contribution in [0.2, 0.25) is 0 Å². The predicted octanol–water partition coefficient (Wildman–Crippen LogP) is 0.614. The average molecular weight is 266 g/mol. The first-order valence-electron chi connectivity index (χ1n) is 5.29. The van der Waals surface area contributed by atoms with E-state index in [1.807, 2.05) is 0 Å². The molecule has 0 aliphatic rings. The summed E-state index contributed by atoms with van der Waals surface area (Å²) in [6.07, 6.45) is 0.146. The maximum atomic E-state index is 11.7. The van der Waals surface area contributed by atoms with Crippen molar-refractivity contribution in [3.05, 3.63) is 35.4 Å². The minimum Gasteiger partial charge on any atom is -0.469 e. The first-order chi connectivity index (χ1) is 8.54. The average Bonchev–Trinajstić information content (AvgIpc) is 2.38. The van der Waals surface area contributed by atoms with Crippen LogP contribution in [-0.2, 0) is 9.53 Å². The van der Waals surface area contributed by atoms with E-state index in [4.69, 9.17) is 18.0 Å². The Balaban J connectivity index is 2.51. The predicted molar refractivity (Wildman–Crippen MR) is 71.3 cm³/mol. The summed E-state index contributed by atoms with van der Waals surface area (Å²) in [5.41, 5.74) is 6.64. The number of esters is 1. The van der Waals surface area contributed by atoms with Crippen LogP contribution in [0.25, 0.3) is 0 Å². The summed E-state index contributed by atoms with van der Waals surface area (Å²) in [5.74, 6) is -0.618. The molecule has 0 fully saturated rings. The van der Waals surface area contributed by atoms with Gasteiger partial charge in [-0.3, -0.25) is 9.59 Å². The minimum atomic E-state index is -0.362. The first kappa shape index (κ1) is 14.1. The fourth-order valence-electron chi connectivity index (χ4n) is 1.27. The minimum absolute atomic E-state index is 0.146. The maximum absolute atomic E-state index is 11.7. The molecule has 1 aromatic rings. The summed E-state index contributed by atoms with van der Waals surface area (Å²) in [6, 6.07) is 6.61. The van der Waals surface area contributed by atoms with Gasteiger partial charge in [0.05, 0.1) is 13.5 Å². The molecule has 3 N–H and O–H groups in total. The van der Waals surface area contributed by atoms with Gasteiger partial charge in [0.25, 0.3) is 5.91 Å². The number of thiocarbonyl (C=S) groups is 1. The number of rotatable bonds is 5. The van der Waals surface area contributed by atoms with Crippen LogP contribution in [0.1, 0.15) is 22.3 Å². The Labute approximate surface area is 110 Å². The normalized spacial score (nSPS) is 9.61. The zero-order chi connectivity index (χ0) is 13.5. The van der Waals surface area contributed by atoms with Gasteiger partial charge >= 0.3 is 5.97 Å². The molecule has 0 bridgehead atoms. The quantitative estimate of drug-likeness (QED) is 0.603. The number of carbonyl (C=O) groups is 2. The monoisotopic (exact) mass is 266 g/mol. The van der Waals surface area contributed by atoms with Crippen molar-refractivity contribution < 1.29 is 14.3 Å². The van der Waals surface area contributed by atoms with Gasteiger partial charge in [-0.25, -0.2) is 0 Å². The summed E-state index contributed by atoms with van der Waals surface area (Å²) in [7, 11) is 1.30. The molecule has 0 aliphatic heterocycles. The van der Waals surface area contributed by atoms with Crippen molar-refractivity contribution in [2.24, 2.45) is 5.73 Å². The van der Waals surface area contributed by atoms with Crippen LogP contribution in [0.3, 0.4) is 0 Å². The molecule has 0 saturated heterocycles. The fourth-order valence-corrected chi connectivity index (χ4v) is 1.40. The largest absolute Gasteiger partial charge is 0.469 e. The van der Waals surface area contributed by atoms with Crippen LogP contribution in [-0.4, -0.2) is 30.5 Å². The number of carbonyl (C=O) groups excluding carboxylic acids is 2. The highest BCUT2D eigenvalue weighted by atomic mass is 32.1. The van der Waals surface area contributed by atoms with Gasteiger partial charge < -0.3 is 15.8 Å². The Morgan fingerprint density at radius 1 is 1.28 bits per heavy atom. The number of benzene rings is 1. The van der Waals surface area contributed by atoms with Gasteiger partial charge in [0, 0.05) is 17.7 Å². The van der Waals surface area contributed by atoms with E-state index in [0.29, 0.717) is 11.1 Å². The van der Waals surface area contributed by atoms with Gasteiger partial charge in [-0.1, -0.05) is 24.4 Å². The maximum Gasteiger partial charge on any atom is 0.307 e. The van der Waals surface area contributed by atoms with Gasteiger partial charge in [0.2, 0.25) is 0 Å². The Morgan fingerprint density at radius 2 is 1.83 bits per heavy atom. The summed E-state index contributed by atoms with van der Waals surface area (Å²) in [5, 5.41) is 2.61. The van der Waals surface area contributed by atoms with Gasteiger partial charge in [-0.05, 0) is 12.1 Å². The van der Waals surface area contributed by atoms with Crippen LogP contribution in [0.5, 0.6) is 0 Å². The van der Waals surface area contributed by atoms with Crippen molar-refractivity contribution in [3.63, 3.8) is 0 Å². The van der Waals surface area contributed by atoms with Crippen molar-refractivity contribution >= 4 is 29.1 Å².